The number of hydrogen-bond donors (Lipinski definition) is 0. The summed E-state index contributed by atoms with van der Waals surface area (Å²) in [6.45, 7) is -0.287. The summed E-state index contributed by atoms with van der Waals surface area (Å²) in [5.41, 5.74) is 32.8. The Bertz CT molecular complexity index is 4280. The van der Waals surface area contributed by atoms with Crippen LogP contribution in [0.25, 0.3) is 66.8 Å². The standard InChI is InChI=1S/C78H51B2N3/c1-9-25-52(26-10-1)56-41-43-68-64(45-56)66-47-58(54-29-13-3-14-30-54)49-70-74(66)79(68)76-72(81(60-33-17-5-18-34-60)61-35-19-6-20-36-61)51-73(82(62-37-21-7-22-38-62)63-39-23-8-24-40-63)77-78(76)83(70)71-50-59(55-31-15-4-16-32-55)48-67-65-46-57(53-27-11-2-12-28-53)42-44-69(65)80(77)75(67)71/h1-51H. The Morgan fingerprint density at radius 2 is 0.518 bits per heavy atom. The van der Waals surface area contributed by atoms with Crippen LogP contribution in [-0.2, 0) is 0 Å². The van der Waals surface area contributed by atoms with Gasteiger partial charge in [0.05, 0.1) is 0 Å². The average Bonchev–Trinajstić information content (AvgIpc) is 1.77. The third-order valence-corrected chi connectivity index (χ3v) is 17.8. The van der Waals surface area contributed by atoms with Crippen molar-refractivity contribution in [1.29, 1.82) is 0 Å². The van der Waals surface area contributed by atoms with Gasteiger partial charge < -0.3 is 14.7 Å². The topological polar surface area (TPSA) is 9.72 Å². The summed E-state index contributed by atoms with van der Waals surface area (Å²) in [6.07, 6.45) is 0. The van der Waals surface area contributed by atoms with Crippen molar-refractivity contribution in [2.45, 2.75) is 0 Å². The molecule has 0 saturated carbocycles. The number of rotatable bonds is 10. The molecule has 0 fully saturated rings. The third kappa shape index (κ3) is 7.41. The van der Waals surface area contributed by atoms with Gasteiger partial charge in [-0.15, -0.1) is 0 Å². The first kappa shape index (κ1) is 47.2. The van der Waals surface area contributed by atoms with Crippen LogP contribution in [0.5, 0.6) is 0 Å². The first-order valence-corrected chi connectivity index (χ1v) is 28.9. The van der Waals surface area contributed by atoms with E-state index in [1.165, 1.54) is 117 Å². The SMILES string of the molecule is c1ccc(-c2ccc3c(c2)-c2cc(-c4ccccc4)cc4c2B3c2c(N(c3ccccc3)c3ccccc3)cc(N(c3ccccc3)c3ccccc3)c3c2N4c2cc(-c4ccccc4)cc4c2B3c2ccc(-c3ccccc3)cc2-4)cc1. The monoisotopic (exact) mass is 1050 g/mol. The molecule has 0 bridgehead atoms. The molecule has 0 amide bonds. The number of nitrogens with zero attached hydrogens (tertiary/aromatic N) is 3. The van der Waals surface area contributed by atoms with Gasteiger partial charge in [-0.3, -0.25) is 0 Å². The molecule has 83 heavy (non-hydrogen) atoms. The summed E-state index contributed by atoms with van der Waals surface area (Å²) in [6, 6.07) is 115. The van der Waals surface area contributed by atoms with Crippen molar-refractivity contribution >= 4 is 97.4 Å². The second-order valence-corrected chi connectivity index (χ2v) is 22.3. The molecule has 4 aliphatic rings. The Balaban J connectivity index is 1.08. The molecule has 3 nitrogen and oxygen atoms in total. The lowest BCUT2D eigenvalue weighted by Crippen LogP contribution is -2.64. The van der Waals surface area contributed by atoms with Gasteiger partial charge in [0.1, 0.15) is 0 Å². The van der Waals surface area contributed by atoms with Gasteiger partial charge in [-0.05, 0) is 180 Å². The fourth-order valence-corrected chi connectivity index (χ4v) is 14.3. The third-order valence-electron chi connectivity index (χ3n) is 17.8. The fraction of sp³-hybridized carbons (Fsp3) is 0. The van der Waals surface area contributed by atoms with Crippen molar-refractivity contribution < 1.29 is 0 Å². The van der Waals surface area contributed by atoms with Crippen molar-refractivity contribution in [3.05, 3.63) is 309 Å². The number of hydrogen-bond acceptors (Lipinski definition) is 3. The van der Waals surface area contributed by atoms with Crippen molar-refractivity contribution in [2.75, 3.05) is 14.7 Å². The molecule has 0 aliphatic carbocycles. The molecule has 0 unspecified atom stereocenters. The van der Waals surface area contributed by atoms with Crippen LogP contribution in [0.3, 0.4) is 0 Å². The summed E-state index contributed by atoms with van der Waals surface area (Å²) < 4.78 is 0. The minimum Gasteiger partial charge on any atom is -0.312 e. The van der Waals surface area contributed by atoms with Crippen LogP contribution < -0.4 is 47.5 Å². The lowest BCUT2D eigenvalue weighted by atomic mass is 9.31. The Hall–Kier alpha value is -10.6. The quantitative estimate of drug-likeness (QED) is 0.126. The molecule has 13 aromatic rings. The molecule has 0 aromatic heterocycles. The van der Waals surface area contributed by atoms with Crippen molar-refractivity contribution in [3.8, 4) is 66.8 Å². The van der Waals surface area contributed by atoms with Crippen LogP contribution >= 0.6 is 0 Å². The van der Waals surface area contributed by atoms with Crippen LogP contribution in [0.15, 0.2) is 309 Å². The molecule has 0 spiro atoms. The maximum atomic E-state index is 2.75. The van der Waals surface area contributed by atoms with Gasteiger partial charge in [0.2, 0.25) is 0 Å². The largest absolute Gasteiger partial charge is 0.312 e. The summed E-state index contributed by atoms with van der Waals surface area (Å²) in [5.74, 6) is 0. The Morgan fingerprint density at radius 3 is 0.843 bits per heavy atom. The zero-order valence-electron chi connectivity index (χ0n) is 45.4. The molecule has 4 heterocycles. The maximum absolute atomic E-state index is 2.75. The fourth-order valence-electron chi connectivity index (χ4n) is 14.3. The van der Waals surface area contributed by atoms with Crippen LogP contribution in [0.1, 0.15) is 0 Å². The van der Waals surface area contributed by atoms with E-state index in [4.69, 9.17) is 0 Å². The van der Waals surface area contributed by atoms with E-state index in [0.717, 1.165) is 34.1 Å². The van der Waals surface area contributed by atoms with Crippen LogP contribution in [0.2, 0.25) is 0 Å². The highest BCUT2D eigenvalue weighted by atomic mass is 15.2. The van der Waals surface area contributed by atoms with E-state index in [1.807, 2.05) is 0 Å². The summed E-state index contributed by atoms with van der Waals surface area (Å²) >= 11 is 0. The first-order chi connectivity index (χ1) is 41.2. The molecule has 384 valence electrons. The van der Waals surface area contributed by atoms with Gasteiger partial charge in [0, 0.05) is 51.2 Å². The predicted octanol–water partition coefficient (Wildman–Crippen LogP) is 16.4. The molecule has 0 N–H and O–H groups in total. The van der Waals surface area contributed by atoms with E-state index in [9.17, 15) is 0 Å². The molecule has 0 radical (unpaired) electrons. The smallest absolute Gasteiger partial charge is 0.250 e. The molecule has 5 heteroatoms. The van der Waals surface area contributed by atoms with Gasteiger partial charge in [-0.1, -0.05) is 229 Å². The van der Waals surface area contributed by atoms with Crippen LogP contribution in [0, 0.1) is 0 Å². The molecular weight excluding hydrogens is 1000 g/mol. The molecule has 17 rings (SSSR count). The normalized spacial score (nSPS) is 12.5. The lowest BCUT2D eigenvalue weighted by molar-refractivity contribution is 1.24. The molecule has 0 atom stereocenters. The van der Waals surface area contributed by atoms with Crippen molar-refractivity contribution in [3.63, 3.8) is 0 Å². The average molecular weight is 1050 g/mol. The van der Waals surface area contributed by atoms with E-state index < -0.39 is 0 Å². The van der Waals surface area contributed by atoms with E-state index in [0.29, 0.717) is 0 Å². The van der Waals surface area contributed by atoms with E-state index in [2.05, 4.69) is 324 Å². The number of para-hydroxylation sites is 4. The van der Waals surface area contributed by atoms with E-state index >= 15 is 0 Å². The minimum absolute atomic E-state index is 0.143. The highest BCUT2D eigenvalue weighted by Crippen LogP contribution is 2.52. The zero-order chi connectivity index (χ0) is 54.5. The Labute approximate surface area is 485 Å². The van der Waals surface area contributed by atoms with Gasteiger partial charge in [-0.25, -0.2) is 0 Å². The maximum Gasteiger partial charge on any atom is 0.250 e. The highest BCUT2D eigenvalue weighted by molar-refractivity contribution is 7.06. The highest BCUT2D eigenvalue weighted by Gasteiger charge is 2.53. The van der Waals surface area contributed by atoms with E-state index in [-0.39, 0.29) is 13.4 Å². The molecule has 0 saturated heterocycles. The Morgan fingerprint density at radius 1 is 0.229 bits per heavy atom. The number of anilines is 9. The minimum atomic E-state index is -0.143. The summed E-state index contributed by atoms with van der Waals surface area (Å²) in [5, 5.41) is 0. The van der Waals surface area contributed by atoms with Crippen LogP contribution in [0.4, 0.5) is 51.2 Å². The molecular formula is C78H51B2N3. The van der Waals surface area contributed by atoms with E-state index in [1.54, 1.807) is 0 Å². The summed E-state index contributed by atoms with van der Waals surface area (Å²) in [7, 11) is 0. The van der Waals surface area contributed by atoms with Gasteiger partial charge >= 0.3 is 0 Å². The second kappa shape index (κ2) is 19.0. The number of benzene rings is 13. The first-order valence-electron chi connectivity index (χ1n) is 28.9. The summed E-state index contributed by atoms with van der Waals surface area (Å²) in [4.78, 5) is 7.83. The second-order valence-electron chi connectivity index (χ2n) is 22.3. The molecule has 4 aliphatic heterocycles. The Kier molecular flexibility index (Phi) is 10.8. The van der Waals surface area contributed by atoms with Gasteiger partial charge in [-0.2, -0.15) is 0 Å². The van der Waals surface area contributed by atoms with Gasteiger partial charge in [0.25, 0.3) is 13.4 Å². The lowest BCUT2D eigenvalue weighted by Gasteiger charge is -2.46. The number of fused-ring (bicyclic) bond motifs is 10. The van der Waals surface area contributed by atoms with Crippen LogP contribution in [-0.4, -0.2) is 13.4 Å². The van der Waals surface area contributed by atoms with Crippen molar-refractivity contribution in [1.82, 2.24) is 0 Å². The molecule has 13 aromatic carbocycles. The van der Waals surface area contributed by atoms with Crippen molar-refractivity contribution in [2.24, 2.45) is 0 Å². The zero-order valence-corrected chi connectivity index (χ0v) is 45.4. The predicted molar refractivity (Wildman–Crippen MR) is 352 cm³/mol. The van der Waals surface area contributed by atoms with Gasteiger partial charge in [0.15, 0.2) is 0 Å².